The summed E-state index contributed by atoms with van der Waals surface area (Å²) in [6.45, 7) is 9.64. The van der Waals surface area contributed by atoms with Gasteiger partial charge in [0.1, 0.15) is 18.9 Å². The molecule has 3 rings (SSSR count). The van der Waals surface area contributed by atoms with E-state index in [0.717, 1.165) is 11.1 Å². The van der Waals surface area contributed by atoms with Crippen LogP contribution in [0.25, 0.3) is 0 Å². The Morgan fingerprint density at radius 2 is 1.49 bits per heavy atom. The summed E-state index contributed by atoms with van der Waals surface area (Å²) in [4.78, 5) is 40.7. The molecule has 0 aliphatic carbocycles. The molecule has 1 fully saturated rings. The number of nitrogens with one attached hydrogen (secondary N) is 1. The second-order valence-electron chi connectivity index (χ2n) is 9.53. The minimum Gasteiger partial charge on any atom is -0.456 e. The Morgan fingerprint density at radius 3 is 2.03 bits per heavy atom. The highest BCUT2D eigenvalue weighted by Gasteiger charge is 2.53. The number of hydrogen-bond acceptors (Lipinski definition) is 7. The van der Waals surface area contributed by atoms with Crippen molar-refractivity contribution in [2.75, 3.05) is 19.8 Å². The van der Waals surface area contributed by atoms with Gasteiger partial charge in [0, 0.05) is 13.2 Å². The molecule has 2 atom stereocenters. The van der Waals surface area contributed by atoms with Crippen LogP contribution in [-0.4, -0.2) is 60.6 Å². The fraction of sp³-hybridized carbons (Fsp3) is 0.433. The molecule has 1 N–H and O–H groups in total. The molecule has 9 nitrogen and oxygen atoms in total. The summed E-state index contributed by atoms with van der Waals surface area (Å²) in [5.74, 6) is -2.54. The Kier molecular flexibility index (Phi) is 10.8. The summed E-state index contributed by atoms with van der Waals surface area (Å²) in [7, 11) is 0. The highest BCUT2D eigenvalue weighted by molar-refractivity contribution is 6.01. The molecule has 9 heteroatoms. The van der Waals surface area contributed by atoms with Crippen LogP contribution in [-0.2, 0) is 46.4 Å². The Hall–Kier alpha value is -3.53. The van der Waals surface area contributed by atoms with Crippen molar-refractivity contribution in [2.45, 2.75) is 65.7 Å². The average molecular weight is 539 g/mol. The van der Waals surface area contributed by atoms with Crippen LogP contribution in [0.5, 0.6) is 0 Å². The second-order valence-corrected chi connectivity index (χ2v) is 9.53. The van der Waals surface area contributed by atoms with Gasteiger partial charge in [0.2, 0.25) is 5.91 Å². The van der Waals surface area contributed by atoms with Gasteiger partial charge in [0.15, 0.2) is 18.1 Å². The third-order valence-corrected chi connectivity index (χ3v) is 6.10. The van der Waals surface area contributed by atoms with E-state index in [1.807, 2.05) is 74.5 Å². The van der Waals surface area contributed by atoms with Gasteiger partial charge in [-0.3, -0.25) is 14.5 Å². The fourth-order valence-electron chi connectivity index (χ4n) is 4.32. The molecular weight excluding hydrogens is 500 g/mol. The molecule has 1 aliphatic heterocycles. The van der Waals surface area contributed by atoms with E-state index in [9.17, 15) is 14.4 Å². The Labute approximate surface area is 230 Å². The maximum Gasteiger partial charge on any atom is 0.355 e. The molecule has 2 unspecified atom stereocenters. The van der Waals surface area contributed by atoms with Crippen LogP contribution in [0, 0.1) is 0 Å². The van der Waals surface area contributed by atoms with Crippen LogP contribution in [0.2, 0.25) is 0 Å². The zero-order valence-corrected chi connectivity index (χ0v) is 23.3. The van der Waals surface area contributed by atoms with Crippen LogP contribution in [0.1, 0.15) is 45.7 Å². The van der Waals surface area contributed by atoms with Crippen molar-refractivity contribution in [1.29, 1.82) is 0 Å². The van der Waals surface area contributed by atoms with Crippen LogP contribution in [0.3, 0.4) is 0 Å². The Balaban J connectivity index is 1.80. The van der Waals surface area contributed by atoms with Gasteiger partial charge in [-0.1, -0.05) is 60.7 Å². The molecule has 0 saturated carbocycles. The zero-order valence-electron chi connectivity index (χ0n) is 23.3. The quantitative estimate of drug-likeness (QED) is 0.169. The topological polar surface area (TPSA) is 103 Å². The number of esters is 1. The number of carbonyl (C=O) groups is 3. The largest absolute Gasteiger partial charge is 0.456 e. The number of carbonyl (C=O) groups excluding carboxylic acids is 3. The highest BCUT2D eigenvalue weighted by atomic mass is 16.7. The van der Waals surface area contributed by atoms with Gasteiger partial charge in [-0.2, -0.15) is 0 Å². The van der Waals surface area contributed by atoms with Crippen molar-refractivity contribution < 1.29 is 33.3 Å². The molecule has 39 heavy (non-hydrogen) atoms. The van der Waals surface area contributed by atoms with Crippen molar-refractivity contribution in [3.8, 4) is 0 Å². The molecule has 0 bridgehead atoms. The number of benzene rings is 2. The molecule has 1 heterocycles. The van der Waals surface area contributed by atoms with Gasteiger partial charge in [0.25, 0.3) is 5.91 Å². The first-order valence-corrected chi connectivity index (χ1v) is 13.1. The lowest BCUT2D eigenvalue weighted by molar-refractivity contribution is -0.266. The van der Waals surface area contributed by atoms with Gasteiger partial charge < -0.3 is 24.3 Å². The van der Waals surface area contributed by atoms with Crippen molar-refractivity contribution >= 4 is 17.8 Å². The third-order valence-electron chi connectivity index (χ3n) is 6.10. The molecule has 2 amide bonds. The smallest absolute Gasteiger partial charge is 0.355 e. The lowest BCUT2D eigenvalue weighted by atomic mass is 10.0. The van der Waals surface area contributed by atoms with Crippen LogP contribution >= 0.6 is 0 Å². The highest BCUT2D eigenvalue weighted by Crippen LogP contribution is 2.31. The standard InChI is InChI=1S/C30H38N2O7/c1-6-38-30(5,39-7-2)20-37-28-25(31-24(33)18-22-14-10-8-11-15-22)27(34)32(28)26(21(3)4)29(35)36-19-23-16-12-9-13-17-23/h8-17,25,28H,6-7,18-20H2,1-5H3,(H,31,33). The molecule has 2 aromatic carbocycles. The van der Waals surface area contributed by atoms with E-state index in [-0.39, 0.29) is 31.2 Å². The van der Waals surface area contributed by atoms with E-state index in [0.29, 0.717) is 18.8 Å². The third kappa shape index (κ3) is 7.98. The molecule has 0 radical (unpaired) electrons. The van der Waals surface area contributed by atoms with E-state index in [4.69, 9.17) is 18.9 Å². The number of β-lactam (4-membered cyclic amide) rings is 1. The summed E-state index contributed by atoms with van der Waals surface area (Å²) in [6, 6.07) is 17.5. The van der Waals surface area contributed by atoms with E-state index < -0.39 is 29.9 Å². The normalized spacial score (nSPS) is 16.8. The van der Waals surface area contributed by atoms with E-state index in [1.165, 1.54) is 4.90 Å². The number of likely N-dealkylation sites (tertiary alicyclic amines) is 1. The van der Waals surface area contributed by atoms with Gasteiger partial charge in [-0.25, -0.2) is 4.79 Å². The minimum absolute atomic E-state index is 0.0384. The Morgan fingerprint density at radius 1 is 0.923 bits per heavy atom. The van der Waals surface area contributed by atoms with Gasteiger partial charge in [-0.05, 0) is 51.3 Å². The zero-order chi connectivity index (χ0) is 28.4. The van der Waals surface area contributed by atoms with Gasteiger partial charge in [0.05, 0.1) is 6.42 Å². The van der Waals surface area contributed by atoms with E-state index in [1.54, 1.807) is 20.8 Å². The minimum atomic E-state index is -1.08. The first-order chi connectivity index (χ1) is 18.7. The number of ether oxygens (including phenoxy) is 4. The molecule has 1 aliphatic rings. The first kappa shape index (κ1) is 30.0. The maximum absolute atomic E-state index is 13.4. The monoisotopic (exact) mass is 538 g/mol. The molecule has 210 valence electrons. The predicted octanol–water partition coefficient (Wildman–Crippen LogP) is 3.73. The van der Waals surface area contributed by atoms with Crippen LogP contribution in [0.15, 0.2) is 71.9 Å². The molecule has 2 aromatic rings. The number of hydrogen-bond donors (Lipinski definition) is 1. The molecule has 1 saturated heterocycles. The summed E-state index contributed by atoms with van der Waals surface area (Å²) < 4.78 is 23.2. The maximum atomic E-state index is 13.4. The van der Waals surface area contributed by atoms with Crippen molar-refractivity contribution in [3.05, 3.63) is 83.1 Å². The number of amides is 2. The Bertz CT molecular complexity index is 1140. The molecule has 0 spiro atoms. The van der Waals surface area contributed by atoms with Gasteiger partial charge in [-0.15, -0.1) is 0 Å². The average Bonchev–Trinajstić information content (AvgIpc) is 2.91. The number of rotatable bonds is 14. The lowest BCUT2D eigenvalue weighted by Crippen LogP contribution is -2.72. The molecule has 0 aromatic heterocycles. The summed E-state index contributed by atoms with van der Waals surface area (Å²) in [6.07, 6.45) is -0.867. The molecular formula is C30H38N2O7. The summed E-state index contributed by atoms with van der Waals surface area (Å²) >= 11 is 0. The fourth-order valence-corrected chi connectivity index (χ4v) is 4.32. The summed E-state index contributed by atoms with van der Waals surface area (Å²) in [5.41, 5.74) is 2.27. The van der Waals surface area contributed by atoms with Gasteiger partial charge >= 0.3 is 5.97 Å². The van der Waals surface area contributed by atoms with Crippen molar-refractivity contribution in [3.63, 3.8) is 0 Å². The van der Waals surface area contributed by atoms with E-state index >= 15 is 0 Å². The number of allylic oxidation sites excluding steroid dienone is 1. The van der Waals surface area contributed by atoms with Crippen molar-refractivity contribution in [2.24, 2.45) is 0 Å². The second kappa shape index (κ2) is 14.0. The predicted molar refractivity (Wildman–Crippen MR) is 145 cm³/mol. The van der Waals surface area contributed by atoms with E-state index in [2.05, 4.69) is 5.32 Å². The van der Waals surface area contributed by atoms with Crippen molar-refractivity contribution in [1.82, 2.24) is 10.2 Å². The first-order valence-electron chi connectivity index (χ1n) is 13.1. The van der Waals surface area contributed by atoms with Crippen LogP contribution < -0.4 is 5.32 Å². The lowest BCUT2D eigenvalue weighted by Gasteiger charge is -2.47. The summed E-state index contributed by atoms with van der Waals surface area (Å²) in [5, 5.41) is 2.77. The van der Waals surface area contributed by atoms with Crippen LogP contribution in [0.4, 0.5) is 0 Å². The number of nitrogens with zero attached hydrogens (tertiary/aromatic N) is 1. The SMILES string of the molecule is CCOC(C)(COC1C(NC(=O)Cc2ccccc2)C(=O)N1C(C(=O)OCc1ccccc1)=C(C)C)OCC.